The van der Waals surface area contributed by atoms with Crippen LogP contribution in [-0.2, 0) is 0 Å². The molecule has 0 saturated carbocycles. The SMILES string of the molecule is COc1cc(C)c(-c2cc(=O)c3ccccc3o2)c(C)c1. The summed E-state index contributed by atoms with van der Waals surface area (Å²) in [5.74, 6) is 1.40. The first-order valence-electron chi connectivity index (χ1n) is 6.78. The molecule has 1 aromatic heterocycles. The Morgan fingerprint density at radius 1 is 1.00 bits per heavy atom. The monoisotopic (exact) mass is 280 g/mol. The zero-order chi connectivity index (χ0) is 15.0. The quantitative estimate of drug-likeness (QED) is 0.710. The first-order valence-corrected chi connectivity index (χ1v) is 6.78. The van der Waals surface area contributed by atoms with Crippen LogP contribution in [0, 0.1) is 13.8 Å². The molecule has 3 heteroatoms. The summed E-state index contributed by atoms with van der Waals surface area (Å²) in [6.07, 6.45) is 0. The number of fused-ring (bicyclic) bond motifs is 1. The number of hydrogen-bond donors (Lipinski definition) is 0. The van der Waals surface area contributed by atoms with Gasteiger partial charge < -0.3 is 9.15 Å². The topological polar surface area (TPSA) is 39.4 Å². The third-order valence-electron chi connectivity index (χ3n) is 3.62. The third-order valence-corrected chi connectivity index (χ3v) is 3.62. The molecule has 0 aliphatic heterocycles. The van der Waals surface area contributed by atoms with E-state index < -0.39 is 0 Å². The van der Waals surface area contributed by atoms with Gasteiger partial charge in [0.15, 0.2) is 5.43 Å². The summed E-state index contributed by atoms with van der Waals surface area (Å²) in [7, 11) is 1.64. The normalized spacial score (nSPS) is 10.8. The van der Waals surface area contributed by atoms with E-state index in [1.807, 2.05) is 44.2 Å². The predicted molar refractivity (Wildman–Crippen MR) is 83.9 cm³/mol. The molecule has 3 nitrogen and oxygen atoms in total. The molecule has 0 aliphatic rings. The van der Waals surface area contributed by atoms with Crippen molar-refractivity contribution >= 4 is 11.0 Å². The fraction of sp³-hybridized carbons (Fsp3) is 0.167. The minimum absolute atomic E-state index is 0.0264. The number of rotatable bonds is 2. The summed E-state index contributed by atoms with van der Waals surface area (Å²) in [5, 5.41) is 0.602. The summed E-state index contributed by atoms with van der Waals surface area (Å²) in [4.78, 5) is 12.2. The van der Waals surface area contributed by atoms with Crippen LogP contribution in [0.3, 0.4) is 0 Å². The highest BCUT2D eigenvalue weighted by atomic mass is 16.5. The van der Waals surface area contributed by atoms with E-state index in [2.05, 4.69) is 0 Å². The molecule has 0 spiro atoms. The van der Waals surface area contributed by atoms with E-state index in [0.29, 0.717) is 16.7 Å². The Morgan fingerprint density at radius 2 is 1.67 bits per heavy atom. The van der Waals surface area contributed by atoms with E-state index in [4.69, 9.17) is 9.15 Å². The van der Waals surface area contributed by atoms with Crippen LogP contribution < -0.4 is 10.2 Å². The molecule has 0 radical (unpaired) electrons. The molecule has 0 amide bonds. The van der Waals surface area contributed by atoms with E-state index in [-0.39, 0.29) is 5.43 Å². The predicted octanol–water partition coefficient (Wildman–Crippen LogP) is 4.09. The largest absolute Gasteiger partial charge is 0.497 e. The van der Waals surface area contributed by atoms with E-state index >= 15 is 0 Å². The van der Waals surface area contributed by atoms with Crippen molar-refractivity contribution in [1.82, 2.24) is 0 Å². The number of benzene rings is 2. The van der Waals surface area contributed by atoms with Crippen molar-refractivity contribution < 1.29 is 9.15 Å². The number of aryl methyl sites for hydroxylation is 2. The van der Waals surface area contributed by atoms with E-state index in [1.165, 1.54) is 0 Å². The Kier molecular flexibility index (Phi) is 3.26. The lowest BCUT2D eigenvalue weighted by atomic mass is 9.99. The second kappa shape index (κ2) is 5.09. The van der Waals surface area contributed by atoms with Gasteiger partial charge in [0.1, 0.15) is 17.1 Å². The van der Waals surface area contributed by atoms with Gasteiger partial charge in [0.2, 0.25) is 0 Å². The number of para-hydroxylation sites is 1. The summed E-state index contributed by atoms with van der Waals surface area (Å²) >= 11 is 0. The second-order valence-corrected chi connectivity index (χ2v) is 5.11. The van der Waals surface area contributed by atoms with Crippen molar-refractivity contribution in [3.63, 3.8) is 0 Å². The minimum Gasteiger partial charge on any atom is -0.497 e. The highest BCUT2D eigenvalue weighted by Gasteiger charge is 2.12. The lowest BCUT2D eigenvalue weighted by Crippen LogP contribution is -2.01. The Bertz CT molecular complexity index is 852. The van der Waals surface area contributed by atoms with Gasteiger partial charge >= 0.3 is 0 Å². The maximum absolute atomic E-state index is 12.2. The van der Waals surface area contributed by atoms with Crippen LogP contribution in [0.2, 0.25) is 0 Å². The van der Waals surface area contributed by atoms with Crippen molar-refractivity contribution in [3.05, 3.63) is 63.8 Å². The van der Waals surface area contributed by atoms with Crippen LogP contribution in [-0.4, -0.2) is 7.11 Å². The van der Waals surface area contributed by atoms with Crippen LogP contribution >= 0.6 is 0 Å². The van der Waals surface area contributed by atoms with E-state index in [1.54, 1.807) is 19.2 Å². The number of ether oxygens (including phenoxy) is 1. The van der Waals surface area contributed by atoms with Crippen molar-refractivity contribution in [2.75, 3.05) is 7.11 Å². The van der Waals surface area contributed by atoms with Crippen LogP contribution in [0.1, 0.15) is 11.1 Å². The van der Waals surface area contributed by atoms with Crippen molar-refractivity contribution in [1.29, 1.82) is 0 Å². The van der Waals surface area contributed by atoms with Crippen molar-refractivity contribution in [3.8, 4) is 17.1 Å². The zero-order valence-electron chi connectivity index (χ0n) is 12.3. The van der Waals surface area contributed by atoms with Gasteiger partial charge in [-0.2, -0.15) is 0 Å². The van der Waals surface area contributed by atoms with Gasteiger partial charge in [-0.15, -0.1) is 0 Å². The smallest absolute Gasteiger partial charge is 0.193 e. The first kappa shape index (κ1) is 13.4. The molecule has 1 heterocycles. The van der Waals surface area contributed by atoms with Gasteiger partial charge in [0.25, 0.3) is 0 Å². The molecule has 3 aromatic rings. The lowest BCUT2D eigenvalue weighted by Gasteiger charge is -2.12. The van der Waals surface area contributed by atoms with Gasteiger partial charge in [0.05, 0.1) is 12.5 Å². The second-order valence-electron chi connectivity index (χ2n) is 5.11. The molecule has 0 saturated heterocycles. The molecule has 106 valence electrons. The maximum atomic E-state index is 12.2. The van der Waals surface area contributed by atoms with Crippen molar-refractivity contribution in [2.45, 2.75) is 13.8 Å². The molecule has 21 heavy (non-hydrogen) atoms. The van der Waals surface area contributed by atoms with Gasteiger partial charge in [-0.3, -0.25) is 4.79 Å². The molecule has 0 fully saturated rings. The molecule has 0 bridgehead atoms. The molecule has 2 aromatic carbocycles. The van der Waals surface area contributed by atoms with E-state index in [0.717, 1.165) is 22.4 Å². The zero-order valence-corrected chi connectivity index (χ0v) is 12.3. The summed E-state index contributed by atoms with van der Waals surface area (Å²) in [6, 6.07) is 12.7. The molecule has 0 unspecified atom stereocenters. The summed E-state index contributed by atoms with van der Waals surface area (Å²) in [5.41, 5.74) is 3.56. The van der Waals surface area contributed by atoms with Gasteiger partial charge in [-0.05, 0) is 49.2 Å². The highest BCUT2D eigenvalue weighted by Crippen LogP contribution is 2.31. The Morgan fingerprint density at radius 3 is 2.33 bits per heavy atom. The van der Waals surface area contributed by atoms with Crippen LogP contribution in [0.5, 0.6) is 5.75 Å². The highest BCUT2D eigenvalue weighted by molar-refractivity contribution is 5.79. The first-order chi connectivity index (χ1) is 10.1. The standard InChI is InChI=1S/C18H16O3/c1-11-8-13(20-3)9-12(2)18(11)17-10-15(19)14-6-4-5-7-16(14)21-17/h4-10H,1-3H3. The Labute approximate surface area is 122 Å². The van der Waals surface area contributed by atoms with Crippen LogP contribution in [0.15, 0.2) is 51.7 Å². The van der Waals surface area contributed by atoms with Gasteiger partial charge in [-0.25, -0.2) is 0 Å². The molecule has 3 rings (SSSR count). The maximum Gasteiger partial charge on any atom is 0.193 e. The van der Waals surface area contributed by atoms with Gasteiger partial charge in [0, 0.05) is 11.6 Å². The Balaban J connectivity index is 2.28. The van der Waals surface area contributed by atoms with Crippen LogP contribution in [0.4, 0.5) is 0 Å². The third kappa shape index (κ3) is 2.31. The van der Waals surface area contributed by atoms with E-state index in [9.17, 15) is 4.79 Å². The molecular formula is C18H16O3. The van der Waals surface area contributed by atoms with Crippen molar-refractivity contribution in [2.24, 2.45) is 0 Å². The number of hydrogen-bond acceptors (Lipinski definition) is 3. The van der Waals surface area contributed by atoms with Crippen LogP contribution in [0.25, 0.3) is 22.3 Å². The van der Waals surface area contributed by atoms with Gasteiger partial charge in [-0.1, -0.05) is 12.1 Å². The minimum atomic E-state index is -0.0264. The molecular weight excluding hydrogens is 264 g/mol. The summed E-state index contributed by atoms with van der Waals surface area (Å²) in [6.45, 7) is 3.97. The molecule has 0 atom stereocenters. The fourth-order valence-corrected chi connectivity index (χ4v) is 2.66. The average Bonchev–Trinajstić information content (AvgIpc) is 2.46. The number of methoxy groups -OCH3 is 1. The fourth-order valence-electron chi connectivity index (χ4n) is 2.66. The molecule has 0 N–H and O–H groups in total. The summed E-state index contributed by atoms with van der Waals surface area (Å²) < 4.78 is 11.2. The Hall–Kier alpha value is -2.55. The lowest BCUT2D eigenvalue weighted by molar-refractivity contribution is 0.414. The average molecular weight is 280 g/mol. The molecule has 0 aliphatic carbocycles.